The molecule has 1 fully saturated rings. The predicted molar refractivity (Wildman–Crippen MR) is 69.3 cm³/mol. The van der Waals surface area contributed by atoms with E-state index in [1.165, 1.54) is 18.7 Å². The fraction of sp³-hybridized carbons (Fsp3) is 0.500. The van der Waals surface area contributed by atoms with Crippen LogP contribution in [-0.4, -0.2) is 27.3 Å². The van der Waals surface area contributed by atoms with Crippen molar-refractivity contribution >= 4 is 21.4 Å². The molecule has 0 saturated carbocycles. The Bertz CT molecular complexity index is 507. The Morgan fingerprint density at radius 2 is 2.18 bits per heavy atom. The van der Waals surface area contributed by atoms with Crippen molar-refractivity contribution in [2.45, 2.75) is 30.2 Å². The Kier molecular flexibility index (Phi) is 3.76. The van der Waals surface area contributed by atoms with E-state index in [2.05, 4.69) is 5.32 Å². The van der Waals surface area contributed by atoms with E-state index in [-0.39, 0.29) is 0 Å². The van der Waals surface area contributed by atoms with Gasteiger partial charge in [0.15, 0.2) is 9.84 Å². The second kappa shape index (κ2) is 4.96. The van der Waals surface area contributed by atoms with Crippen LogP contribution in [0.15, 0.2) is 23.1 Å². The van der Waals surface area contributed by atoms with Crippen molar-refractivity contribution in [3.63, 3.8) is 0 Å². The second-order valence-electron chi connectivity index (χ2n) is 4.56. The van der Waals surface area contributed by atoms with Gasteiger partial charge in [-0.1, -0.05) is 11.6 Å². The van der Waals surface area contributed by atoms with E-state index in [1.54, 1.807) is 6.07 Å². The Morgan fingerprint density at radius 3 is 2.76 bits per heavy atom. The molecular formula is C12H16ClNO2S. The van der Waals surface area contributed by atoms with Gasteiger partial charge in [-0.05, 0) is 49.6 Å². The van der Waals surface area contributed by atoms with Gasteiger partial charge in [0, 0.05) is 17.3 Å². The monoisotopic (exact) mass is 273 g/mol. The Morgan fingerprint density at radius 1 is 1.41 bits per heavy atom. The zero-order valence-corrected chi connectivity index (χ0v) is 11.3. The minimum Gasteiger partial charge on any atom is -0.314 e. The van der Waals surface area contributed by atoms with Crippen LogP contribution in [0.25, 0.3) is 0 Å². The summed E-state index contributed by atoms with van der Waals surface area (Å²) in [7, 11) is -3.19. The van der Waals surface area contributed by atoms with Gasteiger partial charge in [0.25, 0.3) is 0 Å². The van der Waals surface area contributed by atoms with E-state index in [1.807, 2.05) is 6.07 Å². The lowest BCUT2D eigenvalue weighted by atomic mass is 10.0. The quantitative estimate of drug-likeness (QED) is 0.917. The molecule has 3 nitrogen and oxygen atoms in total. The van der Waals surface area contributed by atoms with Crippen molar-refractivity contribution < 1.29 is 8.42 Å². The lowest BCUT2D eigenvalue weighted by molar-refractivity contribution is 0.596. The molecule has 0 aromatic heterocycles. The summed E-state index contributed by atoms with van der Waals surface area (Å²) in [6, 6.07) is 5.51. The maximum Gasteiger partial charge on any atom is 0.175 e. The second-order valence-corrected chi connectivity index (χ2v) is 7.02. The number of nitrogens with one attached hydrogen (secondary N) is 1. The number of benzene rings is 1. The van der Waals surface area contributed by atoms with Crippen molar-refractivity contribution in [2.75, 3.05) is 12.8 Å². The molecule has 1 heterocycles. The summed E-state index contributed by atoms with van der Waals surface area (Å²) in [6.07, 6.45) is 4.37. The maximum absolute atomic E-state index is 11.5. The van der Waals surface area contributed by atoms with Gasteiger partial charge in [0.2, 0.25) is 0 Å². The largest absolute Gasteiger partial charge is 0.314 e. The molecule has 0 radical (unpaired) electrons. The summed E-state index contributed by atoms with van der Waals surface area (Å²) in [4.78, 5) is 0.304. The van der Waals surface area contributed by atoms with Gasteiger partial charge in [0.1, 0.15) is 0 Å². The van der Waals surface area contributed by atoms with Gasteiger partial charge >= 0.3 is 0 Å². The molecule has 1 N–H and O–H groups in total. The summed E-state index contributed by atoms with van der Waals surface area (Å²) in [5, 5.41) is 3.88. The highest BCUT2D eigenvalue weighted by molar-refractivity contribution is 7.90. The highest BCUT2D eigenvalue weighted by Gasteiger charge is 2.16. The van der Waals surface area contributed by atoms with Crippen LogP contribution >= 0.6 is 11.6 Å². The summed E-state index contributed by atoms with van der Waals surface area (Å²) in [6.45, 7) is 1.05. The van der Waals surface area contributed by atoms with Crippen LogP contribution < -0.4 is 5.32 Å². The minimum absolute atomic E-state index is 0.304. The molecule has 1 aliphatic rings. The van der Waals surface area contributed by atoms with Crippen LogP contribution in [0.3, 0.4) is 0 Å². The summed E-state index contributed by atoms with van der Waals surface area (Å²) in [5.41, 5.74) is 0.984. The van der Waals surface area contributed by atoms with E-state index in [0.29, 0.717) is 16.0 Å². The lowest BCUT2D eigenvalue weighted by Crippen LogP contribution is -2.23. The molecular weight excluding hydrogens is 258 g/mol. The van der Waals surface area contributed by atoms with Crippen LogP contribution in [0.2, 0.25) is 5.02 Å². The topological polar surface area (TPSA) is 46.2 Å². The first-order valence-corrected chi connectivity index (χ1v) is 7.95. The van der Waals surface area contributed by atoms with Crippen molar-refractivity contribution in [3.05, 3.63) is 28.8 Å². The highest BCUT2D eigenvalue weighted by atomic mass is 35.5. The molecule has 94 valence electrons. The number of halogens is 1. The predicted octanol–water partition coefficient (Wildman–Crippen LogP) is 2.04. The summed E-state index contributed by atoms with van der Waals surface area (Å²) < 4.78 is 23.0. The summed E-state index contributed by atoms with van der Waals surface area (Å²) in [5.74, 6) is 0. The molecule has 17 heavy (non-hydrogen) atoms. The molecule has 1 saturated heterocycles. The fourth-order valence-corrected chi connectivity index (χ4v) is 3.20. The van der Waals surface area contributed by atoms with E-state index in [4.69, 9.17) is 11.6 Å². The van der Waals surface area contributed by atoms with Crippen LogP contribution in [0, 0.1) is 0 Å². The average Bonchev–Trinajstić information content (AvgIpc) is 2.68. The molecule has 1 aromatic carbocycles. The number of rotatable bonds is 3. The first-order valence-electron chi connectivity index (χ1n) is 5.68. The fourth-order valence-electron chi connectivity index (χ4n) is 2.17. The average molecular weight is 274 g/mol. The third-order valence-electron chi connectivity index (χ3n) is 3.00. The Balaban J connectivity index is 2.25. The number of hydrogen-bond donors (Lipinski definition) is 1. The van der Waals surface area contributed by atoms with Crippen molar-refractivity contribution in [1.29, 1.82) is 0 Å². The van der Waals surface area contributed by atoms with Crippen molar-refractivity contribution in [3.8, 4) is 0 Å². The molecule has 1 atom stereocenters. The van der Waals surface area contributed by atoms with Crippen LogP contribution in [0.1, 0.15) is 18.4 Å². The number of hydrogen-bond acceptors (Lipinski definition) is 3. The smallest absolute Gasteiger partial charge is 0.175 e. The van der Waals surface area contributed by atoms with E-state index in [9.17, 15) is 8.42 Å². The SMILES string of the molecule is CS(=O)(=O)c1cc(Cl)cc(CC2CCCN2)c1. The van der Waals surface area contributed by atoms with Gasteiger partial charge < -0.3 is 5.32 Å². The first kappa shape index (κ1) is 12.9. The van der Waals surface area contributed by atoms with Crippen molar-refractivity contribution in [1.82, 2.24) is 5.32 Å². The molecule has 0 aliphatic carbocycles. The molecule has 2 rings (SSSR count). The van der Waals surface area contributed by atoms with Gasteiger partial charge in [0.05, 0.1) is 4.90 Å². The zero-order chi connectivity index (χ0) is 12.5. The van der Waals surface area contributed by atoms with Gasteiger partial charge in [-0.2, -0.15) is 0 Å². The third-order valence-corrected chi connectivity index (χ3v) is 4.31. The highest BCUT2D eigenvalue weighted by Crippen LogP contribution is 2.21. The normalized spacial score (nSPS) is 20.7. The van der Waals surface area contributed by atoms with E-state index in [0.717, 1.165) is 24.9 Å². The molecule has 0 amide bonds. The molecule has 5 heteroatoms. The van der Waals surface area contributed by atoms with E-state index >= 15 is 0 Å². The lowest BCUT2D eigenvalue weighted by Gasteiger charge is -2.11. The van der Waals surface area contributed by atoms with Gasteiger partial charge in [-0.3, -0.25) is 0 Å². The zero-order valence-electron chi connectivity index (χ0n) is 9.74. The van der Waals surface area contributed by atoms with Crippen molar-refractivity contribution in [2.24, 2.45) is 0 Å². The van der Waals surface area contributed by atoms with Crippen LogP contribution in [-0.2, 0) is 16.3 Å². The number of sulfone groups is 1. The molecule has 1 aromatic rings. The standard InChI is InChI=1S/C12H16ClNO2S/c1-17(15,16)12-7-9(5-10(13)8-12)6-11-3-2-4-14-11/h5,7-8,11,14H,2-4,6H2,1H3. The van der Waals surface area contributed by atoms with Gasteiger partial charge in [-0.15, -0.1) is 0 Å². The Labute approximate surface area is 107 Å². The van der Waals surface area contributed by atoms with E-state index < -0.39 is 9.84 Å². The molecule has 1 unspecified atom stereocenters. The van der Waals surface area contributed by atoms with Gasteiger partial charge in [-0.25, -0.2) is 8.42 Å². The maximum atomic E-state index is 11.5. The molecule has 0 bridgehead atoms. The molecule has 0 spiro atoms. The molecule has 1 aliphatic heterocycles. The van der Waals surface area contributed by atoms with Crippen LogP contribution in [0.5, 0.6) is 0 Å². The Hall–Kier alpha value is -0.580. The third kappa shape index (κ3) is 3.44. The summed E-state index contributed by atoms with van der Waals surface area (Å²) >= 11 is 5.96. The van der Waals surface area contributed by atoms with Crippen LogP contribution in [0.4, 0.5) is 0 Å². The first-order chi connectivity index (χ1) is 7.95. The minimum atomic E-state index is -3.19.